The molecule has 0 saturated carbocycles. The van der Waals surface area contributed by atoms with Gasteiger partial charge in [0.15, 0.2) is 0 Å². The van der Waals surface area contributed by atoms with E-state index in [1.165, 1.54) is 11.3 Å². The van der Waals surface area contributed by atoms with Gasteiger partial charge in [-0.2, -0.15) is 5.26 Å². The van der Waals surface area contributed by atoms with Crippen LogP contribution in [0.4, 0.5) is 5.00 Å². The van der Waals surface area contributed by atoms with Gasteiger partial charge in [-0.15, -0.1) is 11.3 Å². The summed E-state index contributed by atoms with van der Waals surface area (Å²) in [5, 5.41) is 14.2. The number of hydrogen-bond donors (Lipinski definition) is 1. The van der Waals surface area contributed by atoms with Crippen LogP contribution in [0.5, 0.6) is 5.75 Å². The second-order valence-electron chi connectivity index (χ2n) is 4.45. The number of hydrogen-bond acceptors (Lipinski definition) is 5. The fourth-order valence-corrected chi connectivity index (χ4v) is 2.92. The number of nitriles is 1. The number of fused-ring (bicyclic) bond motifs is 1. The van der Waals surface area contributed by atoms with E-state index >= 15 is 0 Å². The van der Waals surface area contributed by atoms with Crippen LogP contribution in [0.15, 0.2) is 42.6 Å². The molecule has 1 aromatic carbocycles. The van der Waals surface area contributed by atoms with E-state index in [4.69, 9.17) is 10.00 Å². The number of ether oxygens (including phenoxy) is 1. The van der Waals surface area contributed by atoms with Crippen molar-refractivity contribution >= 4 is 27.2 Å². The predicted molar refractivity (Wildman–Crippen MR) is 84.7 cm³/mol. The lowest BCUT2D eigenvalue weighted by molar-refractivity contribution is 0.411. The molecule has 0 aliphatic carbocycles. The molecule has 2 heterocycles. The van der Waals surface area contributed by atoms with Crippen molar-refractivity contribution in [2.75, 3.05) is 12.4 Å². The molecule has 3 aromatic rings. The molecule has 0 aliphatic heterocycles. The van der Waals surface area contributed by atoms with Gasteiger partial charge in [-0.1, -0.05) is 6.07 Å². The standard InChI is InChI=1S/C16H13N3OS/c1-20-14-6-4-11-3-2-8-18-16(11)13(14)10-19-15-7-5-12(9-17)21-15/h2-8,19H,10H2,1H3. The zero-order chi connectivity index (χ0) is 14.7. The summed E-state index contributed by atoms with van der Waals surface area (Å²) < 4.78 is 5.44. The van der Waals surface area contributed by atoms with Gasteiger partial charge in [0.2, 0.25) is 0 Å². The van der Waals surface area contributed by atoms with E-state index in [1.54, 1.807) is 13.3 Å². The minimum atomic E-state index is 0.600. The highest BCUT2D eigenvalue weighted by Crippen LogP contribution is 2.28. The van der Waals surface area contributed by atoms with Crippen LogP contribution in [0.1, 0.15) is 10.4 Å². The second kappa shape index (κ2) is 5.81. The summed E-state index contributed by atoms with van der Waals surface area (Å²) in [4.78, 5) is 5.15. The third kappa shape index (κ3) is 2.67. The SMILES string of the molecule is COc1ccc2cccnc2c1CNc1ccc(C#N)s1. The van der Waals surface area contributed by atoms with Crippen LogP contribution in [0.2, 0.25) is 0 Å². The number of nitrogens with one attached hydrogen (secondary N) is 1. The number of thiophene rings is 1. The van der Waals surface area contributed by atoms with Gasteiger partial charge in [0, 0.05) is 23.7 Å². The first-order valence-corrected chi connectivity index (χ1v) is 7.28. The first-order valence-electron chi connectivity index (χ1n) is 6.46. The Kier molecular flexibility index (Phi) is 3.71. The number of nitrogens with zero attached hydrogens (tertiary/aromatic N) is 2. The summed E-state index contributed by atoms with van der Waals surface area (Å²) in [7, 11) is 1.66. The normalized spacial score (nSPS) is 10.3. The number of aromatic nitrogens is 1. The molecule has 1 N–H and O–H groups in total. The smallest absolute Gasteiger partial charge is 0.126 e. The fourth-order valence-electron chi connectivity index (χ4n) is 2.22. The maximum Gasteiger partial charge on any atom is 0.126 e. The molecular formula is C16H13N3OS. The predicted octanol–water partition coefficient (Wildman–Crippen LogP) is 3.79. The first kappa shape index (κ1) is 13.4. The minimum absolute atomic E-state index is 0.600. The number of anilines is 1. The van der Waals surface area contributed by atoms with Crippen LogP contribution >= 0.6 is 11.3 Å². The molecule has 0 unspecified atom stereocenters. The second-order valence-corrected chi connectivity index (χ2v) is 5.53. The van der Waals surface area contributed by atoms with E-state index in [0.717, 1.165) is 27.2 Å². The Hall–Kier alpha value is -2.58. The molecule has 0 amide bonds. The quantitative estimate of drug-likeness (QED) is 0.795. The Morgan fingerprint density at radius 2 is 2.19 bits per heavy atom. The molecule has 3 rings (SSSR count). The molecule has 4 nitrogen and oxygen atoms in total. The lowest BCUT2D eigenvalue weighted by atomic mass is 10.1. The Morgan fingerprint density at radius 1 is 1.29 bits per heavy atom. The summed E-state index contributed by atoms with van der Waals surface area (Å²) in [5.41, 5.74) is 1.95. The largest absolute Gasteiger partial charge is 0.496 e. The fraction of sp³-hybridized carbons (Fsp3) is 0.125. The highest BCUT2D eigenvalue weighted by molar-refractivity contribution is 7.16. The summed E-state index contributed by atoms with van der Waals surface area (Å²) in [6.07, 6.45) is 1.78. The van der Waals surface area contributed by atoms with Gasteiger partial charge in [0.25, 0.3) is 0 Å². The van der Waals surface area contributed by atoms with E-state index in [-0.39, 0.29) is 0 Å². The van der Waals surface area contributed by atoms with Crippen molar-refractivity contribution in [2.24, 2.45) is 0 Å². The molecule has 104 valence electrons. The van der Waals surface area contributed by atoms with Gasteiger partial charge in [0.05, 0.1) is 17.6 Å². The van der Waals surface area contributed by atoms with Crippen LogP contribution in [0.3, 0.4) is 0 Å². The van der Waals surface area contributed by atoms with Crippen molar-refractivity contribution in [1.29, 1.82) is 5.26 Å². The van der Waals surface area contributed by atoms with Crippen molar-refractivity contribution in [2.45, 2.75) is 6.54 Å². The zero-order valence-corrected chi connectivity index (χ0v) is 12.3. The molecule has 0 radical (unpaired) electrons. The average molecular weight is 295 g/mol. The van der Waals surface area contributed by atoms with E-state index in [9.17, 15) is 0 Å². The van der Waals surface area contributed by atoms with Crippen molar-refractivity contribution in [3.8, 4) is 11.8 Å². The molecule has 2 aromatic heterocycles. The van der Waals surface area contributed by atoms with Gasteiger partial charge in [-0.05, 0) is 30.3 Å². The molecule has 21 heavy (non-hydrogen) atoms. The molecule has 5 heteroatoms. The first-order chi connectivity index (χ1) is 10.3. The molecule has 0 saturated heterocycles. The van der Waals surface area contributed by atoms with Gasteiger partial charge >= 0.3 is 0 Å². The van der Waals surface area contributed by atoms with Crippen LogP contribution in [-0.2, 0) is 6.54 Å². The Balaban J connectivity index is 1.93. The molecular weight excluding hydrogens is 282 g/mol. The highest BCUT2D eigenvalue weighted by Gasteiger charge is 2.09. The lowest BCUT2D eigenvalue weighted by Crippen LogP contribution is -2.02. The van der Waals surface area contributed by atoms with Crippen LogP contribution in [-0.4, -0.2) is 12.1 Å². The average Bonchev–Trinajstić information content (AvgIpc) is 3.00. The van der Waals surface area contributed by atoms with E-state index < -0.39 is 0 Å². The monoisotopic (exact) mass is 295 g/mol. The third-order valence-corrected chi connectivity index (χ3v) is 4.16. The summed E-state index contributed by atoms with van der Waals surface area (Å²) in [6, 6.07) is 13.8. The Labute approximate surface area is 126 Å². The molecule has 0 atom stereocenters. The molecule has 0 aliphatic rings. The zero-order valence-electron chi connectivity index (χ0n) is 11.5. The van der Waals surface area contributed by atoms with Crippen LogP contribution in [0.25, 0.3) is 10.9 Å². The molecule has 0 bridgehead atoms. The molecule has 0 spiro atoms. The summed E-state index contributed by atoms with van der Waals surface area (Å²) >= 11 is 1.44. The number of methoxy groups -OCH3 is 1. The van der Waals surface area contributed by atoms with Crippen LogP contribution < -0.4 is 10.1 Å². The van der Waals surface area contributed by atoms with E-state index in [2.05, 4.69) is 16.4 Å². The van der Waals surface area contributed by atoms with E-state index in [0.29, 0.717) is 11.4 Å². The van der Waals surface area contributed by atoms with Crippen molar-refractivity contribution in [3.63, 3.8) is 0 Å². The summed E-state index contributed by atoms with van der Waals surface area (Å²) in [5.74, 6) is 0.811. The highest BCUT2D eigenvalue weighted by atomic mass is 32.1. The van der Waals surface area contributed by atoms with Crippen molar-refractivity contribution in [3.05, 3.63) is 53.0 Å². The topological polar surface area (TPSA) is 57.9 Å². The minimum Gasteiger partial charge on any atom is -0.496 e. The van der Waals surface area contributed by atoms with Crippen molar-refractivity contribution < 1.29 is 4.74 Å². The van der Waals surface area contributed by atoms with Gasteiger partial charge in [-0.25, -0.2) is 0 Å². The van der Waals surface area contributed by atoms with Gasteiger partial charge in [-0.3, -0.25) is 4.98 Å². The lowest BCUT2D eigenvalue weighted by Gasteiger charge is -2.12. The Bertz CT molecular complexity index is 820. The Morgan fingerprint density at radius 3 is 2.95 bits per heavy atom. The van der Waals surface area contributed by atoms with Gasteiger partial charge < -0.3 is 10.1 Å². The maximum absolute atomic E-state index is 8.86. The van der Waals surface area contributed by atoms with Crippen LogP contribution in [0, 0.1) is 11.3 Å². The number of benzene rings is 1. The van der Waals surface area contributed by atoms with E-state index in [1.807, 2.05) is 36.4 Å². The third-order valence-electron chi connectivity index (χ3n) is 3.21. The summed E-state index contributed by atoms with van der Waals surface area (Å²) in [6.45, 7) is 0.600. The number of pyridine rings is 1. The van der Waals surface area contributed by atoms with Gasteiger partial charge in [0.1, 0.15) is 16.7 Å². The molecule has 0 fully saturated rings. The van der Waals surface area contributed by atoms with Crippen molar-refractivity contribution in [1.82, 2.24) is 4.98 Å². The maximum atomic E-state index is 8.86. The number of rotatable bonds is 4.